The van der Waals surface area contributed by atoms with Crippen LogP contribution in [0, 0.1) is 6.92 Å². The molecule has 6 heteroatoms. The summed E-state index contributed by atoms with van der Waals surface area (Å²) in [6, 6.07) is 11.9. The summed E-state index contributed by atoms with van der Waals surface area (Å²) in [5, 5.41) is 6.57. The number of guanidine groups is 1. The van der Waals surface area contributed by atoms with E-state index >= 15 is 0 Å². The van der Waals surface area contributed by atoms with Gasteiger partial charge in [-0.25, -0.2) is 9.98 Å². The maximum atomic E-state index is 5.94. The lowest BCUT2D eigenvalue weighted by atomic mass is 10.1. The van der Waals surface area contributed by atoms with Crippen molar-refractivity contribution in [3.05, 3.63) is 53.2 Å². The molecule has 0 radical (unpaired) electrons. The van der Waals surface area contributed by atoms with Gasteiger partial charge in [-0.3, -0.25) is 0 Å². The molecule has 1 heterocycles. The summed E-state index contributed by atoms with van der Waals surface area (Å²) in [7, 11) is 1.61. The smallest absolute Gasteiger partial charge is 0.213 e. The first-order valence-corrected chi connectivity index (χ1v) is 9.30. The van der Waals surface area contributed by atoms with Crippen LogP contribution in [0.2, 0.25) is 0 Å². The second-order valence-electron chi connectivity index (χ2n) is 6.50. The van der Waals surface area contributed by atoms with Gasteiger partial charge in [0, 0.05) is 18.2 Å². The minimum absolute atomic E-state index is 0.125. The van der Waals surface area contributed by atoms with Crippen molar-refractivity contribution in [2.45, 2.75) is 46.9 Å². The van der Waals surface area contributed by atoms with Gasteiger partial charge in [-0.1, -0.05) is 18.2 Å². The number of pyridine rings is 1. The van der Waals surface area contributed by atoms with Gasteiger partial charge in [0.1, 0.15) is 5.75 Å². The number of aromatic nitrogens is 1. The van der Waals surface area contributed by atoms with E-state index in [2.05, 4.69) is 40.7 Å². The van der Waals surface area contributed by atoms with E-state index in [9.17, 15) is 0 Å². The molecule has 0 saturated heterocycles. The van der Waals surface area contributed by atoms with E-state index in [1.54, 1.807) is 7.11 Å². The molecule has 2 aromatic rings. The van der Waals surface area contributed by atoms with Crippen LogP contribution in [-0.4, -0.2) is 30.7 Å². The van der Waals surface area contributed by atoms with Crippen LogP contribution in [0.25, 0.3) is 0 Å². The Hall–Kier alpha value is -2.76. The summed E-state index contributed by atoms with van der Waals surface area (Å²) in [6.07, 6.45) is 0.125. The van der Waals surface area contributed by atoms with Crippen LogP contribution >= 0.6 is 0 Å². The number of rotatable bonds is 8. The number of hydrogen-bond acceptors (Lipinski definition) is 4. The zero-order valence-corrected chi connectivity index (χ0v) is 16.9. The average molecular weight is 370 g/mol. The van der Waals surface area contributed by atoms with Crippen molar-refractivity contribution in [1.29, 1.82) is 0 Å². The first kappa shape index (κ1) is 20.6. The molecule has 0 unspecified atom stereocenters. The fourth-order valence-corrected chi connectivity index (χ4v) is 2.51. The normalized spacial score (nSPS) is 11.4. The van der Waals surface area contributed by atoms with Gasteiger partial charge < -0.3 is 20.1 Å². The number of hydrogen-bond donors (Lipinski definition) is 2. The third-order valence-corrected chi connectivity index (χ3v) is 3.76. The lowest BCUT2D eigenvalue weighted by Gasteiger charge is -2.15. The maximum Gasteiger partial charge on any atom is 0.213 e. The number of ether oxygens (including phenoxy) is 2. The van der Waals surface area contributed by atoms with Crippen molar-refractivity contribution >= 4 is 5.96 Å². The zero-order chi connectivity index (χ0) is 19.6. The van der Waals surface area contributed by atoms with Gasteiger partial charge in [-0.2, -0.15) is 0 Å². The molecule has 0 spiro atoms. The Bertz CT molecular complexity index is 760. The van der Waals surface area contributed by atoms with E-state index < -0.39 is 0 Å². The Labute approximate surface area is 162 Å². The summed E-state index contributed by atoms with van der Waals surface area (Å²) in [6.45, 7) is 10.0. The van der Waals surface area contributed by atoms with Gasteiger partial charge in [0.2, 0.25) is 5.88 Å². The second-order valence-corrected chi connectivity index (χ2v) is 6.50. The quantitative estimate of drug-likeness (QED) is 0.550. The van der Waals surface area contributed by atoms with Crippen LogP contribution in [0.1, 0.15) is 37.6 Å². The molecule has 27 heavy (non-hydrogen) atoms. The van der Waals surface area contributed by atoms with E-state index in [1.807, 2.05) is 39.0 Å². The van der Waals surface area contributed by atoms with E-state index in [0.717, 1.165) is 29.5 Å². The largest absolute Gasteiger partial charge is 0.491 e. The highest BCUT2D eigenvalue weighted by molar-refractivity contribution is 5.79. The molecule has 0 saturated carbocycles. The number of aliphatic imine (C=N–C) groups is 1. The van der Waals surface area contributed by atoms with Crippen molar-refractivity contribution < 1.29 is 9.47 Å². The molecule has 6 nitrogen and oxygen atoms in total. The fraction of sp³-hybridized carbons (Fsp3) is 0.429. The Morgan fingerprint density at radius 1 is 1.19 bits per heavy atom. The minimum Gasteiger partial charge on any atom is -0.491 e. The fourth-order valence-electron chi connectivity index (χ4n) is 2.51. The third-order valence-electron chi connectivity index (χ3n) is 3.76. The molecule has 0 fully saturated rings. The lowest BCUT2D eigenvalue weighted by molar-refractivity contribution is 0.240. The molecule has 0 amide bonds. The first-order valence-electron chi connectivity index (χ1n) is 9.30. The van der Waals surface area contributed by atoms with Crippen molar-refractivity contribution in [2.75, 3.05) is 13.7 Å². The van der Waals surface area contributed by atoms with Crippen LogP contribution in [0.5, 0.6) is 11.6 Å². The van der Waals surface area contributed by atoms with Crippen LogP contribution in [0.4, 0.5) is 0 Å². The Morgan fingerprint density at radius 3 is 2.70 bits per heavy atom. The molecule has 0 aliphatic carbocycles. The summed E-state index contributed by atoms with van der Waals surface area (Å²) < 4.78 is 11.1. The molecule has 1 aromatic carbocycles. The number of benzene rings is 1. The van der Waals surface area contributed by atoms with Gasteiger partial charge in [0.05, 0.1) is 32.0 Å². The molecule has 1 aromatic heterocycles. The standard InChI is InChI=1S/C21H30N4O2/c1-6-22-21(24-14-18-8-7-9-20(25-18)26-5)23-13-17-11-10-16(4)12-19(17)27-15(2)3/h7-12,15H,6,13-14H2,1-5H3,(H2,22,23,24). The van der Waals surface area contributed by atoms with Crippen LogP contribution in [-0.2, 0) is 13.1 Å². The number of methoxy groups -OCH3 is 1. The predicted octanol–water partition coefficient (Wildman–Crippen LogP) is 3.44. The highest BCUT2D eigenvalue weighted by Gasteiger charge is 2.07. The molecule has 0 aliphatic heterocycles. The van der Waals surface area contributed by atoms with Crippen LogP contribution in [0.15, 0.2) is 41.4 Å². The van der Waals surface area contributed by atoms with Gasteiger partial charge in [-0.15, -0.1) is 0 Å². The zero-order valence-electron chi connectivity index (χ0n) is 16.9. The Kier molecular flexibility index (Phi) is 7.92. The van der Waals surface area contributed by atoms with Gasteiger partial charge in [0.15, 0.2) is 5.96 Å². The molecular weight excluding hydrogens is 340 g/mol. The minimum atomic E-state index is 0.125. The van der Waals surface area contributed by atoms with Gasteiger partial charge >= 0.3 is 0 Å². The summed E-state index contributed by atoms with van der Waals surface area (Å²) in [4.78, 5) is 9.10. The lowest BCUT2D eigenvalue weighted by Crippen LogP contribution is -2.37. The second kappa shape index (κ2) is 10.4. The molecule has 0 bridgehead atoms. The van der Waals surface area contributed by atoms with Gasteiger partial charge in [-0.05, 0) is 45.4 Å². The summed E-state index contributed by atoms with van der Waals surface area (Å²) in [5.41, 5.74) is 3.12. The molecular formula is C21H30N4O2. The molecule has 2 N–H and O–H groups in total. The van der Waals surface area contributed by atoms with E-state index in [0.29, 0.717) is 19.0 Å². The summed E-state index contributed by atoms with van der Waals surface area (Å²) in [5.74, 6) is 2.23. The van der Waals surface area contributed by atoms with Crippen molar-refractivity contribution in [2.24, 2.45) is 4.99 Å². The number of nitrogens with one attached hydrogen (secondary N) is 2. The molecule has 146 valence electrons. The van der Waals surface area contributed by atoms with Crippen LogP contribution in [0.3, 0.4) is 0 Å². The van der Waals surface area contributed by atoms with Crippen molar-refractivity contribution in [3.8, 4) is 11.6 Å². The highest BCUT2D eigenvalue weighted by Crippen LogP contribution is 2.22. The average Bonchev–Trinajstić information content (AvgIpc) is 2.65. The molecule has 0 atom stereocenters. The Morgan fingerprint density at radius 2 is 2.00 bits per heavy atom. The number of aryl methyl sites for hydroxylation is 1. The third kappa shape index (κ3) is 6.81. The predicted molar refractivity (Wildman–Crippen MR) is 109 cm³/mol. The maximum absolute atomic E-state index is 5.94. The molecule has 0 aliphatic rings. The topological polar surface area (TPSA) is 67.8 Å². The Balaban J connectivity index is 2.08. The first-order chi connectivity index (χ1) is 13.0. The highest BCUT2D eigenvalue weighted by atomic mass is 16.5. The molecule has 2 rings (SSSR count). The SMILES string of the molecule is CCNC(=NCc1ccc(C)cc1OC(C)C)NCc1cccc(OC)n1. The van der Waals surface area contributed by atoms with E-state index in [-0.39, 0.29) is 6.10 Å². The van der Waals surface area contributed by atoms with Gasteiger partial charge in [0.25, 0.3) is 0 Å². The monoisotopic (exact) mass is 370 g/mol. The van der Waals surface area contributed by atoms with E-state index in [4.69, 9.17) is 14.5 Å². The van der Waals surface area contributed by atoms with Crippen molar-refractivity contribution in [1.82, 2.24) is 15.6 Å². The van der Waals surface area contributed by atoms with E-state index in [1.165, 1.54) is 5.56 Å². The van der Waals surface area contributed by atoms with Crippen molar-refractivity contribution in [3.63, 3.8) is 0 Å². The van der Waals surface area contributed by atoms with Crippen LogP contribution < -0.4 is 20.1 Å². The number of nitrogens with zero attached hydrogens (tertiary/aromatic N) is 2. The summed E-state index contributed by atoms with van der Waals surface area (Å²) >= 11 is 0.